The molecule has 12 nitrogen and oxygen atoms in total. The van der Waals surface area contributed by atoms with Gasteiger partial charge in [0.25, 0.3) is 0 Å². The molecule has 1 aromatic heterocycles. The lowest BCUT2D eigenvalue weighted by atomic mass is 9.45. The molecule has 1 unspecified atom stereocenters. The fourth-order valence-corrected chi connectivity index (χ4v) is 18.6. The zero-order chi connectivity index (χ0) is 61.7. The Kier molecular flexibility index (Phi) is 17.5. The normalized spacial score (nSPS) is 27.1. The second-order valence-electron chi connectivity index (χ2n) is 28.3. The lowest BCUT2D eigenvalue weighted by Gasteiger charge is -2.63. The zero-order valence-corrected chi connectivity index (χ0v) is 53.1. The molecule has 0 radical (unpaired) electrons. The van der Waals surface area contributed by atoms with Gasteiger partial charge in [0.15, 0.2) is 11.5 Å². The molecule has 7 N–H and O–H groups in total. The van der Waals surface area contributed by atoms with Crippen LogP contribution in [0.25, 0.3) is 16.6 Å². The average Bonchev–Trinajstić information content (AvgIpc) is 0.776. The van der Waals surface area contributed by atoms with Gasteiger partial charge in [-0.2, -0.15) is 0 Å². The summed E-state index contributed by atoms with van der Waals surface area (Å²) in [7, 11) is 1.70. The Morgan fingerprint density at radius 3 is 2.52 bits per heavy atom. The summed E-state index contributed by atoms with van der Waals surface area (Å²) >= 11 is 0. The largest absolute Gasteiger partial charge is 0.508 e. The highest BCUT2D eigenvalue weighted by Gasteiger charge is 2.63. The molecule has 1 spiro atoms. The van der Waals surface area contributed by atoms with E-state index >= 15 is 0 Å². The number of dihydropyridines is 1. The van der Waals surface area contributed by atoms with Crippen LogP contribution >= 0.6 is 0 Å². The van der Waals surface area contributed by atoms with Crippen LogP contribution in [0, 0.1) is 41.4 Å². The van der Waals surface area contributed by atoms with Crippen molar-refractivity contribution in [2.75, 3.05) is 27.1 Å². The van der Waals surface area contributed by atoms with Crippen LogP contribution in [0.1, 0.15) is 184 Å². The van der Waals surface area contributed by atoms with Gasteiger partial charge in [-0.05, 0) is 212 Å². The first-order valence-corrected chi connectivity index (χ1v) is 34.3. The Hall–Kier alpha value is -6.56. The lowest BCUT2D eigenvalue weighted by Crippen LogP contribution is -2.64. The lowest BCUT2D eigenvalue weighted by molar-refractivity contribution is -0.193. The number of hydrogen-bond acceptors (Lipinski definition) is 11. The van der Waals surface area contributed by atoms with Crippen LogP contribution in [0.4, 0.5) is 0 Å². The summed E-state index contributed by atoms with van der Waals surface area (Å²) < 4.78 is 30.0. The van der Waals surface area contributed by atoms with Gasteiger partial charge in [0.05, 0.1) is 44.4 Å². The zero-order valence-electron chi connectivity index (χ0n) is 53.1. The number of ether oxygens (including phenoxy) is 4. The molecule has 474 valence electrons. The smallest absolute Gasteiger partial charge is 0.165 e. The second-order valence-corrected chi connectivity index (χ2v) is 28.3. The van der Waals surface area contributed by atoms with Crippen LogP contribution < -0.4 is 15.4 Å². The van der Waals surface area contributed by atoms with Crippen molar-refractivity contribution in [1.82, 2.24) is 15.2 Å². The minimum atomic E-state index is -0.697. The van der Waals surface area contributed by atoms with Crippen LogP contribution in [0.2, 0.25) is 0 Å². The van der Waals surface area contributed by atoms with Gasteiger partial charge >= 0.3 is 0 Å². The summed E-state index contributed by atoms with van der Waals surface area (Å²) in [5.74, 6) is 10.4. The van der Waals surface area contributed by atoms with E-state index in [9.17, 15) is 25.5 Å². The molecule has 6 heterocycles. The maximum absolute atomic E-state index is 12.9. The van der Waals surface area contributed by atoms with Crippen LogP contribution in [0.5, 0.6) is 23.0 Å². The fourth-order valence-electron chi connectivity index (χ4n) is 18.6. The molecule has 10 atom stereocenters. The molecule has 12 heteroatoms. The summed E-state index contributed by atoms with van der Waals surface area (Å²) in [5.41, 5.74) is 13.8. The number of aromatic hydroxyl groups is 3. The van der Waals surface area contributed by atoms with Gasteiger partial charge in [0.2, 0.25) is 0 Å². The third kappa shape index (κ3) is 11.6. The number of aliphatic hydroxyl groups excluding tert-OH is 2. The third-order valence-corrected chi connectivity index (χ3v) is 22.7. The maximum Gasteiger partial charge on any atom is 0.165 e. The van der Waals surface area contributed by atoms with E-state index in [2.05, 4.69) is 95.8 Å². The van der Waals surface area contributed by atoms with Crippen LogP contribution in [0.15, 0.2) is 108 Å². The number of rotatable bonds is 14. The Bertz CT molecular complexity index is 3750. The van der Waals surface area contributed by atoms with Gasteiger partial charge in [0.1, 0.15) is 30.1 Å². The summed E-state index contributed by atoms with van der Waals surface area (Å²) in [6, 6.07) is 27.0. The number of phenols is 3. The van der Waals surface area contributed by atoms with E-state index in [4.69, 9.17) is 18.9 Å². The topological polar surface area (TPSA) is 167 Å². The molecule has 5 aromatic carbocycles. The van der Waals surface area contributed by atoms with Gasteiger partial charge in [-0.1, -0.05) is 106 Å². The van der Waals surface area contributed by atoms with E-state index in [0.717, 1.165) is 164 Å². The molecule has 15 rings (SSSR count). The number of nitrogens with zero attached hydrogens (tertiary/aromatic N) is 1. The molecular weight excluding hydrogens is 1120 g/mol. The predicted octanol–water partition coefficient (Wildman–Crippen LogP) is 13.8. The minimum absolute atomic E-state index is 0.0193. The van der Waals surface area contributed by atoms with Crippen molar-refractivity contribution in [3.05, 3.63) is 170 Å². The molecule has 6 aromatic rings. The van der Waals surface area contributed by atoms with Gasteiger partial charge in [0, 0.05) is 70.7 Å². The Labute approximate surface area is 532 Å². The summed E-state index contributed by atoms with van der Waals surface area (Å²) in [4.78, 5) is 0. The van der Waals surface area contributed by atoms with Crippen LogP contribution in [-0.4, -0.2) is 81.1 Å². The molecule has 4 aliphatic carbocycles. The van der Waals surface area contributed by atoms with E-state index < -0.39 is 6.10 Å². The molecular formula is C78H93N3O9. The van der Waals surface area contributed by atoms with Crippen molar-refractivity contribution in [2.45, 2.75) is 197 Å². The molecule has 1 saturated heterocycles. The number of benzene rings is 5. The number of aliphatic hydroxyl groups is 2. The van der Waals surface area contributed by atoms with E-state index in [1.165, 1.54) is 36.0 Å². The van der Waals surface area contributed by atoms with Crippen LogP contribution in [0.3, 0.4) is 0 Å². The molecule has 9 aliphatic rings. The highest BCUT2D eigenvalue weighted by Crippen LogP contribution is 2.64. The SMILES string of the molecule is CCC[C@H](C)C[C@H]1C[C@@H]2Cc3c(CO)cc(O)c(c31)OCc1cc([C@]34c5c6cccc5CC[C@H]3C3(CCCCC3)OC[C@H]4CC6)cc3cn(cc13)C1=C3CO[C@@H](CCC[C@H](CCc4ccc(O)c(Cc5cccc(O)c5)c4)C#CC3=CC(NCOC)N1)C[C@@H]2O. The third-order valence-electron chi connectivity index (χ3n) is 22.7. The molecule has 90 heavy (non-hydrogen) atoms. The summed E-state index contributed by atoms with van der Waals surface area (Å²) in [6.45, 7) is 5.88. The van der Waals surface area contributed by atoms with Crippen LogP contribution in [-0.2, 0) is 64.9 Å². The van der Waals surface area contributed by atoms with Gasteiger partial charge in [-0.25, -0.2) is 0 Å². The standard InChI is InChI=1S/C78H93N3O9/c1-4-11-48(2)30-57-34-56-37-65-59(43-82)38-70(86)75(73(57)65)89-44-60-36-62(78-61-25-23-52-14-10-15-53(74(52)78)24-27-71(78)77(90-45-61)28-6-5-7-29-77)35-58-41-81(42-66(58)60)76-67-46-88-64(40-69(56)85)17-9-12-49(20-22-54(67)39-72(80-76)79-47-87-3)18-19-50-21-26-68(84)55(31-50)32-51-13-8-16-63(83)33-51/h8,10,13-16,21,26,31,33,35-36,38-39,41-42,48-49,56-57,61,64,69,71-72,79-80,82-86H,4-7,9,11-12,17-19,23-25,27-30,32,34,37,40,43-47H2,1-3H3/t48-,49+,56+,57-,61+,64-,69-,71-,72?,78-/m0/s1. The minimum Gasteiger partial charge on any atom is -0.508 e. The highest BCUT2D eigenvalue weighted by molar-refractivity contribution is 5.89. The first kappa shape index (κ1) is 61.0. The molecule has 5 aliphatic heterocycles. The number of nitrogens with one attached hydrogen (secondary N) is 2. The van der Waals surface area contributed by atoms with Gasteiger partial charge < -0.3 is 54.4 Å². The molecule has 2 fully saturated rings. The second kappa shape index (κ2) is 25.8. The number of aromatic nitrogens is 1. The quantitative estimate of drug-likeness (QED) is 0.0410. The number of aryl methyl sites for hydroxylation is 3. The molecule has 0 amide bonds. The van der Waals surface area contributed by atoms with Crippen molar-refractivity contribution in [1.29, 1.82) is 0 Å². The predicted molar refractivity (Wildman–Crippen MR) is 352 cm³/mol. The first-order valence-electron chi connectivity index (χ1n) is 34.3. The summed E-state index contributed by atoms with van der Waals surface area (Å²) in [6.07, 6.45) is 24.7. The van der Waals surface area contributed by atoms with E-state index in [1.54, 1.807) is 36.9 Å². The van der Waals surface area contributed by atoms with Crippen molar-refractivity contribution < 1.29 is 44.5 Å². The highest BCUT2D eigenvalue weighted by atomic mass is 16.5. The Morgan fingerprint density at radius 1 is 0.856 bits per heavy atom. The van der Waals surface area contributed by atoms with E-state index in [1.807, 2.05) is 18.2 Å². The first-order chi connectivity index (χ1) is 43.9. The number of phenolic OH excluding ortho intramolecular Hbond substituents is 3. The molecule has 8 bridgehead atoms. The Morgan fingerprint density at radius 2 is 1.70 bits per heavy atom. The monoisotopic (exact) mass is 1220 g/mol. The number of fused-ring (bicyclic) bond motifs is 4. The maximum atomic E-state index is 12.9. The number of methoxy groups -OCH3 is 1. The summed E-state index contributed by atoms with van der Waals surface area (Å²) in [5, 5.41) is 67.4. The average molecular weight is 1220 g/mol. The van der Waals surface area contributed by atoms with E-state index in [0.29, 0.717) is 55.1 Å². The van der Waals surface area contributed by atoms with Crippen molar-refractivity contribution in [3.8, 4) is 34.8 Å². The van der Waals surface area contributed by atoms with Crippen molar-refractivity contribution >= 4 is 16.6 Å². The fraction of sp³-hybridized carbons (Fsp3) is 0.513. The van der Waals surface area contributed by atoms with Gasteiger partial charge in [-0.3, -0.25) is 5.32 Å². The molecule has 1 saturated carbocycles. The van der Waals surface area contributed by atoms with E-state index in [-0.39, 0.29) is 78.1 Å². The van der Waals surface area contributed by atoms with Crippen molar-refractivity contribution in [3.63, 3.8) is 0 Å². The number of hydrogen-bond donors (Lipinski definition) is 7. The Balaban J connectivity index is 0.937. The van der Waals surface area contributed by atoms with Gasteiger partial charge in [-0.15, -0.1) is 0 Å². The van der Waals surface area contributed by atoms with Crippen molar-refractivity contribution in [2.24, 2.45) is 29.6 Å².